The molecule has 3 rings (SSSR count). The summed E-state index contributed by atoms with van der Waals surface area (Å²) in [4.78, 5) is 13.6. The van der Waals surface area contributed by atoms with Crippen LogP contribution in [0.1, 0.15) is 19.3 Å². The fourth-order valence-corrected chi connectivity index (χ4v) is 2.82. The van der Waals surface area contributed by atoms with E-state index >= 15 is 0 Å². The van der Waals surface area contributed by atoms with E-state index in [1.807, 2.05) is 0 Å². The zero-order valence-corrected chi connectivity index (χ0v) is 11.6. The van der Waals surface area contributed by atoms with E-state index in [2.05, 4.69) is 25.8 Å². The van der Waals surface area contributed by atoms with Crippen LogP contribution in [0.2, 0.25) is 0 Å². The van der Waals surface area contributed by atoms with Crippen LogP contribution in [0.4, 0.5) is 9.80 Å². The van der Waals surface area contributed by atoms with Crippen molar-refractivity contribution in [3.8, 4) is 0 Å². The van der Waals surface area contributed by atoms with Gasteiger partial charge in [0.2, 0.25) is 0 Å². The van der Waals surface area contributed by atoms with Crippen LogP contribution in [-0.4, -0.2) is 46.2 Å². The quantitative estimate of drug-likeness (QED) is 0.755. The second-order valence-corrected chi connectivity index (χ2v) is 6.04. The van der Waals surface area contributed by atoms with Gasteiger partial charge in [-0.15, -0.1) is 5.10 Å². The highest BCUT2D eigenvalue weighted by atomic mass is 32.1. The maximum atomic E-state index is 11.9. The van der Waals surface area contributed by atoms with Crippen molar-refractivity contribution in [3.63, 3.8) is 0 Å². The highest BCUT2D eigenvalue weighted by Gasteiger charge is 2.36. The van der Waals surface area contributed by atoms with Crippen LogP contribution in [0.3, 0.4) is 0 Å². The Morgan fingerprint density at radius 2 is 2.42 bits per heavy atom. The molecule has 0 bridgehead atoms. The van der Waals surface area contributed by atoms with Crippen LogP contribution < -0.4 is 16.2 Å². The minimum atomic E-state index is -0.122. The normalized spacial score (nSPS) is 26.4. The number of amides is 2. The molecule has 0 aromatic carbocycles. The molecule has 8 heteroatoms. The predicted molar refractivity (Wildman–Crippen MR) is 72.7 cm³/mol. The number of hydrogen-bond donors (Lipinski definition) is 3. The summed E-state index contributed by atoms with van der Waals surface area (Å²) >= 11 is 1.18. The Balaban J connectivity index is 1.45. The van der Waals surface area contributed by atoms with Gasteiger partial charge >= 0.3 is 6.03 Å². The minimum Gasteiger partial charge on any atom is -0.326 e. The lowest BCUT2D eigenvalue weighted by Crippen LogP contribution is -2.42. The predicted octanol–water partition coefficient (Wildman–Crippen LogP) is 0.647. The van der Waals surface area contributed by atoms with Gasteiger partial charge in [-0.25, -0.2) is 4.79 Å². The summed E-state index contributed by atoms with van der Waals surface area (Å²) in [5, 5.41) is 7.13. The smallest absolute Gasteiger partial charge is 0.322 e. The van der Waals surface area contributed by atoms with E-state index in [1.54, 1.807) is 18.1 Å². The van der Waals surface area contributed by atoms with E-state index in [-0.39, 0.29) is 6.03 Å². The molecule has 1 saturated heterocycles. The maximum absolute atomic E-state index is 11.9. The molecule has 1 aliphatic heterocycles. The summed E-state index contributed by atoms with van der Waals surface area (Å²) in [6.07, 6.45) is 5.31. The first-order valence-corrected chi connectivity index (χ1v) is 7.30. The molecule has 104 valence electrons. The summed E-state index contributed by atoms with van der Waals surface area (Å²) in [6.45, 7) is 0.689. The molecule has 2 heterocycles. The van der Waals surface area contributed by atoms with Crippen molar-refractivity contribution in [1.82, 2.24) is 25.3 Å². The average molecular weight is 282 g/mol. The molecule has 7 nitrogen and oxygen atoms in total. The highest BCUT2D eigenvalue weighted by Crippen LogP contribution is 2.35. The van der Waals surface area contributed by atoms with Gasteiger partial charge in [0.05, 0.1) is 6.20 Å². The lowest BCUT2D eigenvalue weighted by Gasteiger charge is -2.20. The second-order valence-electron chi connectivity index (χ2n) is 5.26. The highest BCUT2D eigenvalue weighted by molar-refractivity contribution is 7.10. The Kier molecular flexibility index (Phi) is 3.63. The molecule has 0 radical (unpaired) electrons. The largest absolute Gasteiger partial charge is 0.326 e. The van der Waals surface area contributed by atoms with Gasteiger partial charge in [-0.2, -0.15) is 0 Å². The van der Waals surface area contributed by atoms with Crippen LogP contribution in [0.5, 0.6) is 0 Å². The molecule has 19 heavy (non-hydrogen) atoms. The zero-order chi connectivity index (χ0) is 13.2. The van der Waals surface area contributed by atoms with Gasteiger partial charge in [0, 0.05) is 37.2 Å². The van der Waals surface area contributed by atoms with Gasteiger partial charge in [0.15, 0.2) is 0 Å². The van der Waals surface area contributed by atoms with Gasteiger partial charge in [-0.05, 0) is 25.2 Å². The molecule has 2 amide bonds. The summed E-state index contributed by atoms with van der Waals surface area (Å²) < 4.78 is 3.71. The van der Waals surface area contributed by atoms with E-state index < -0.39 is 0 Å². The van der Waals surface area contributed by atoms with Crippen molar-refractivity contribution in [3.05, 3.63) is 6.20 Å². The van der Waals surface area contributed by atoms with Gasteiger partial charge in [-0.3, -0.25) is 16.2 Å². The Bertz CT molecular complexity index is 434. The average Bonchev–Trinajstić information content (AvgIpc) is 2.92. The van der Waals surface area contributed by atoms with Crippen LogP contribution in [0, 0.1) is 5.92 Å². The molecule has 1 aliphatic carbocycles. The fraction of sp³-hybridized carbons (Fsp3) is 0.727. The topological polar surface area (TPSA) is 82.2 Å². The van der Waals surface area contributed by atoms with E-state index in [1.165, 1.54) is 24.4 Å². The third kappa shape index (κ3) is 3.20. The van der Waals surface area contributed by atoms with Crippen LogP contribution >= 0.6 is 11.5 Å². The number of hydrogen-bond acceptors (Lipinski definition) is 6. The number of carbonyl (C=O) groups is 1. The van der Waals surface area contributed by atoms with Gasteiger partial charge in [-0.1, -0.05) is 4.49 Å². The van der Waals surface area contributed by atoms with Crippen LogP contribution in [0.15, 0.2) is 6.20 Å². The SMILES string of the molecule is CN(CC1CC(C2CC2)NN1)C(=O)Nc1cnns1. The molecule has 2 fully saturated rings. The number of aromatic nitrogens is 2. The van der Waals surface area contributed by atoms with E-state index in [0.29, 0.717) is 23.6 Å². The summed E-state index contributed by atoms with van der Waals surface area (Å²) in [5.41, 5.74) is 6.61. The van der Waals surface area contributed by atoms with Gasteiger partial charge < -0.3 is 4.90 Å². The van der Waals surface area contributed by atoms with E-state index in [4.69, 9.17) is 0 Å². The first-order chi connectivity index (χ1) is 9.22. The summed E-state index contributed by atoms with van der Waals surface area (Å²) in [7, 11) is 1.80. The molecule has 3 N–H and O–H groups in total. The number of hydrazine groups is 1. The molecule has 1 aromatic heterocycles. The first-order valence-electron chi connectivity index (χ1n) is 6.53. The number of urea groups is 1. The molecular weight excluding hydrogens is 264 g/mol. The van der Waals surface area contributed by atoms with Crippen LogP contribution in [0.25, 0.3) is 0 Å². The maximum Gasteiger partial charge on any atom is 0.322 e. The zero-order valence-electron chi connectivity index (χ0n) is 10.8. The molecule has 0 spiro atoms. The second kappa shape index (κ2) is 5.40. The van der Waals surface area contributed by atoms with Crippen molar-refractivity contribution in [2.24, 2.45) is 5.92 Å². The number of nitrogens with one attached hydrogen (secondary N) is 3. The monoisotopic (exact) mass is 282 g/mol. The Labute approximate surface area is 115 Å². The third-order valence-corrected chi connectivity index (χ3v) is 4.21. The Hall–Kier alpha value is -1.25. The number of anilines is 1. The standard InChI is InChI=1S/C11H18N6OS/c1-17(11(18)13-10-5-12-16-19-10)6-8-4-9(15-14-8)7-2-3-7/h5,7-9,14-15H,2-4,6H2,1H3,(H,13,18). The Morgan fingerprint density at radius 1 is 1.58 bits per heavy atom. The van der Waals surface area contributed by atoms with Crippen molar-refractivity contribution in [2.75, 3.05) is 18.9 Å². The lowest BCUT2D eigenvalue weighted by molar-refractivity contribution is 0.217. The van der Waals surface area contributed by atoms with Crippen molar-refractivity contribution in [1.29, 1.82) is 0 Å². The molecule has 2 aliphatic rings. The number of nitrogens with zero attached hydrogens (tertiary/aromatic N) is 3. The van der Waals surface area contributed by atoms with Gasteiger partial charge in [0.25, 0.3) is 0 Å². The Morgan fingerprint density at radius 3 is 3.11 bits per heavy atom. The van der Waals surface area contributed by atoms with Crippen molar-refractivity contribution >= 4 is 22.6 Å². The lowest BCUT2D eigenvalue weighted by atomic mass is 10.1. The van der Waals surface area contributed by atoms with E-state index in [0.717, 1.165) is 12.3 Å². The molecule has 1 saturated carbocycles. The number of carbonyl (C=O) groups excluding carboxylic acids is 1. The van der Waals surface area contributed by atoms with Crippen molar-refractivity contribution in [2.45, 2.75) is 31.3 Å². The minimum absolute atomic E-state index is 0.122. The first kappa shape index (κ1) is 12.8. The molecule has 1 aromatic rings. The molecule has 2 unspecified atom stereocenters. The van der Waals surface area contributed by atoms with E-state index in [9.17, 15) is 4.79 Å². The fourth-order valence-electron chi connectivity index (χ4n) is 2.41. The number of likely N-dealkylation sites (N-methyl/N-ethyl adjacent to an activating group) is 1. The molecular formula is C11H18N6OS. The number of rotatable bonds is 4. The van der Waals surface area contributed by atoms with Gasteiger partial charge in [0.1, 0.15) is 5.00 Å². The molecule has 2 atom stereocenters. The third-order valence-electron chi connectivity index (χ3n) is 3.63. The summed E-state index contributed by atoms with van der Waals surface area (Å²) in [5.74, 6) is 0.833. The van der Waals surface area contributed by atoms with Crippen LogP contribution in [-0.2, 0) is 0 Å². The van der Waals surface area contributed by atoms with Crippen molar-refractivity contribution < 1.29 is 4.79 Å². The summed E-state index contributed by atoms with van der Waals surface area (Å²) in [6, 6.07) is 0.774.